The van der Waals surface area contributed by atoms with Crippen LogP contribution in [-0.2, 0) is 6.42 Å². The molecule has 0 aromatic carbocycles. The van der Waals surface area contributed by atoms with E-state index in [9.17, 15) is 0 Å². The molecular weight excluding hydrogens is 280 g/mol. The molecule has 0 aliphatic carbocycles. The molecule has 0 aliphatic rings. The van der Waals surface area contributed by atoms with Crippen molar-refractivity contribution in [2.75, 3.05) is 6.54 Å². The molecular formula is C16H20N4S. The van der Waals surface area contributed by atoms with E-state index in [1.165, 1.54) is 15.3 Å². The van der Waals surface area contributed by atoms with Crippen LogP contribution >= 0.6 is 11.3 Å². The normalized spacial score (nSPS) is 12.9. The number of rotatable bonds is 5. The Balaban J connectivity index is 1.62. The van der Waals surface area contributed by atoms with Gasteiger partial charge in [0.15, 0.2) is 5.65 Å². The van der Waals surface area contributed by atoms with Gasteiger partial charge in [0.05, 0.1) is 0 Å². The molecule has 110 valence electrons. The maximum Gasteiger partial charge on any atom is 0.160 e. The van der Waals surface area contributed by atoms with Crippen LogP contribution in [0.1, 0.15) is 34.1 Å². The van der Waals surface area contributed by atoms with E-state index >= 15 is 0 Å². The van der Waals surface area contributed by atoms with Crippen molar-refractivity contribution in [2.45, 2.75) is 33.2 Å². The smallest absolute Gasteiger partial charge is 0.160 e. The molecule has 0 bridgehead atoms. The van der Waals surface area contributed by atoms with Crippen LogP contribution in [0.3, 0.4) is 0 Å². The molecule has 0 aliphatic heterocycles. The van der Waals surface area contributed by atoms with Crippen molar-refractivity contribution in [3.8, 4) is 0 Å². The summed E-state index contributed by atoms with van der Waals surface area (Å²) in [5.41, 5.74) is 2.31. The van der Waals surface area contributed by atoms with Gasteiger partial charge in [0.1, 0.15) is 5.82 Å². The van der Waals surface area contributed by atoms with Crippen LogP contribution < -0.4 is 5.32 Å². The van der Waals surface area contributed by atoms with Crippen LogP contribution in [-0.4, -0.2) is 21.1 Å². The Kier molecular flexibility index (Phi) is 4.03. The molecule has 3 aromatic heterocycles. The maximum atomic E-state index is 4.26. The second-order valence-corrected chi connectivity index (χ2v) is 6.80. The summed E-state index contributed by atoms with van der Waals surface area (Å²) in [6, 6.07) is 8.62. The topological polar surface area (TPSA) is 42.2 Å². The summed E-state index contributed by atoms with van der Waals surface area (Å²) in [7, 11) is 0. The van der Waals surface area contributed by atoms with Gasteiger partial charge in [-0.3, -0.25) is 4.40 Å². The van der Waals surface area contributed by atoms with E-state index in [1.807, 2.05) is 40.1 Å². The van der Waals surface area contributed by atoms with Crippen molar-refractivity contribution in [1.82, 2.24) is 19.9 Å². The Bertz CT molecular complexity index is 744. The van der Waals surface area contributed by atoms with Gasteiger partial charge in [-0.15, -0.1) is 21.5 Å². The van der Waals surface area contributed by atoms with Gasteiger partial charge in [-0.2, -0.15) is 0 Å². The van der Waals surface area contributed by atoms with Crippen LogP contribution in [0.4, 0.5) is 0 Å². The van der Waals surface area contributed by atoms with Gasteiger partial charge in [-0.25, -0.2) is 0 Å². The Morgan fingerprint density at radius 2 is 2.14 bits per heavy atom. The van der Waals surface area contributed by atoms with Crippen LogP contribution in [0.2, 0.25) is 0 Å². The van der Waals surface area contributed by atoms with E-state index in [0.29, 0.717) is 6.04 Å². The van der Waals surface area contributed by atoms with Crippen LogP contribution in [0, 0.1) is 13.8 Å². The van der Waals surface area contributed by atoms with E-state index in [4.69, 9.17) is 0 Å². The third-order valence-corrected chi connectivity index (χ3v) is 4.71. The van der Waals surface area contributed by atoms with E-state index in [2.05, 4.69) is 42.4 Å². The molecule has 0 saturated heterocycles. The Morgan fingerprint density at radius 1 is 1.29 bits per heavy atom. The lowest BCUT2D eigenvalue weighted by Gasteiger charge is -2.13. The van der Waals surface area contributed by atoms with Crippen molar-refractivity contribution in [2.24, 2.45) is 0 Å². The maximum absolute atomic E-state index is 4.26. The highest BCUT2D eigenvalue weighted by atomic mass is 32.1. The van der Waals surface area contributed by atoms with Crippen LogP contribution in [0.25, 0.3) is 5.65 Å². The second-order valence-electron chi connectivity index (χ2n) is 5.34. The Morgan fingerprint density at radius 3 is 2.90 bits per heavy atom. The molecule has 5 heteroatoms. The summed E-state index contributed by atoms with van der Waals surface area (Å²) in [5.74, 6) is 1.00. The molecule has 21 heavy (non-hydrogen) atoms. The summed E-state index contributed by atoms with van der Waals surface area (Å²) in [5, 5.41) is 12.0. The molecule has 4 nitrogen and oxygen atoms in total. The predicted molar refractivity (Wildman–Crippen MR) is 86.9 cm³/mol. The fourth-order valence-electron chi connectivity index (χ4n) is 2.65. The zero-order valence-corrected chi connectivity index (χ0v) is 13.4. The third kappa shape index (κ3) is 2.99. The number of pyridine rings is 1. The van der Waals surface area contributed by atoms with E-state index in [1.54, 1.807) is 0 Å². The van der Waals surface area contributed by atoms with Crippen molar-refractivity contribution in [3.05, 3.63) is 51.6 Å². The van der Waals surface area contributed by atoms with Gasteiger partial charge in [0.2, 0.25) is 0 Å². The zero-order chi connectivity index (χ0) is 14.8. The molecule has 1 N–H and O–H groups in total. The minimum absolute atomic E-state index is 0.370. The average Bonchev–Trinajstić information content (AvgIpc) is 3.02. The van der Waals surface area contributed by atoms with Gasteiger partial charge < -0.3 is 5.32 Å². The highest BCUT2D eigenvalue weighted by molar-refractivity contribution is 7.12. The largest absolute Gasteiger partial charge is 0.310 e. The Labute approximate surface area is 128 Å². The molecule has 3 heterocycles. The van der Waals surface area contributed by atoms with Crippen molar-refractivity contribution in [1.29, 1.82) is 0 Å². The van der Waals surface area contributed by atoms with Gasteiger partial charge >= 0.3 is 0 Å². The van der Waals surface area contributed by atoms with Gasteiger partial charge in [-0.05, 0) is 44.5 Å². The van der Waals surface area contributed by atoms with Gasteiger partial charge in [0.25, 0.3) is 0 Å². The summed E-state index contributed by atoms with van der Waals surface area (Å²) in [6.45, 7) is 7.47. The highest BCUT2D eigenvalue weighted by Gasteiger charge is 2.11. The third-order valence-electron chi connectivity index (χ3n) is 3.73. The number of thiophene rings is 1. The number of hydrogen-bond acceptors (Lipinski definition) is 4. The predicted octanol–water partition coefficient (Wildman–Crippen LogP) is 3.30. The first-order chi connectivity index (χ1) is 10.1. The first-order valence-electron chi connectivity index (χ1n) is 7.24. The fraction of sp³-hybridized carbons (Fsp3) is 0.375. The standard InChI is InChI=1S/C16H20N4S/c1-11-10-14(13(3)21-11)12(2)17-8-7-16-19-18-15-6-4-5-9-20(15)16/h4-6,9-10,12,17H,7-8H2,1-3H3. The fourth-order valence-corrected chi connectivity index (χ4v) is 3.67. The molecule has 1 unspecified atom stereocenters. The summed E-state index contributed by atoms with van der Waals surface area (Å²) < 4.78 is 2.05. The molecule has 0 fully saturated rings. The average molecular weight is 300 g/mol. The molecule has 0 saturated carbocycles. The molecule has 3 rings (SSSR count). The number of aromatic nitrogens is 3. The quantitative estimate of drug-likeness (QED) is 0.786. The minimum atomic E-state index is 0.370. The van der Waals surface area contributed by atoms with Crippen LogP contribution in [0.15, 0.2) is 30.5 Å². The summed E-state index contributed by atoms with van der Waals surface area (Å²) in [4.78, 5) is 2.78. The van der Waals surface area contributed by atoms with E-state index in [0.717, 1.165) is 24.4 Å². The van der Waals surface area contributed by atoms with Crippen molar-refractivity contribution >= 4 is 17.0 Å². The number of nitrogens with one attached hydrogen (secondary N) is 1. The lowest BCUT2D eigenvalue weighted by molar-refractivity contribution is 0.568. The van der Waals surface area contributed by atoms with Crippen LogP contribution in [0.5, 0.6) is 0 Å². The molecule has 3 aromatic rings. The molecule has 0 amide bonds. The molecule has 0 spiro atoms. The lowest BCUT2D eigenvalue weighted by Crippen LogP contribution is -2.22. The number of nitrogens with zero attached hydrogens (tertiary/aromatic N) is 3. The lowest BCUT2D eigenvalue weighted by atomic mass is 10.1. The first kappa shape index (κ1) is 14.2. The number of fused-ring (bicyclic) bond motifs is 1. The van der Waals surface area contributed by atoms with E-state index < -0.39 is 0 Å². The SMILES string of the molecule is Cc1cc(C(C)NCCc2nnc3ccccn23)c(C)s1. The number of aryl methyl sites for hydroxylation is 2. The van der Waals surface area contributed by atoms with Crippen molar-refractivity contribution < 1.29 is 0 Å². The van der Waals surface area contributed by atoms with E-state index in [-0.39, 0.29) is 0 Å². The minimum Gasteiger partial charge on any atom is -0.310 e. The monoisotopic (exact) mass is 300 g/mol. The number of hydrogen-bond donors (Lipinski definition) is 1. The van der Waals surface area contributed by atoms with Crippen molar-refractivity contribution in [3.63, 3.8) is 0 Å². The molecule has 0 radical (unpaired) electrons. The molecule has 1 atom stereocenters. The highest BCUT2D eigenvalue weighted by Crippen LogP contribution is 2.25. The zero-order valence-electron chi connectivity index (χ0n) is 12.6. The van der Waals surface area contributed by atoms with Gasteiger partial charge in [0, 0.05) is 35.0 Å². The first-order valence-corrected chi connectivity index (χ1v) is 8.06. The summed E-state index contributed by atoms with van der Waals surface area (Å²) >= 11 is 1.86. The Hall–Kier alpha value is -1.72. The summed E-state index contributed by atoms with van der Waals surface area (Å²) in [6.07, 6.45) is 2.89. The second kappa shape index (κ2) is 5.95. The van der Waals surface area contributed by atoms with Gasteiger partial charge in [-0.1, -0.05) is 6.07 Å².